The second kappa shape index (κ2) is 7.44. The van der Waals surface area contributed by atoms with Crippen molar-refractivity contribution in [2.24, 2.45) is 5.10 Å². The van der Waals surface area contributed by atoms with Crippen LogP contribution in [0.3, 0.4) is 0 Å². The average Bonchev–Trinajstić information content (AvgIpc) is 2.55. The fourth-order valence-electron chi connectivity index (χ4n) is 1.88. The Kier molecular flexibility index (Phi) is 5.56. The highest BCUT2D eigenvalue weighted by atomic mass is 35.5. The molecule has 2 rings (SSSR count). The molecule has 0 spiro atoms. The van der Waals surface area contributed by atoms with Gasteiger partial charge in [-0.25, -0.2) is 0 Å². The maximum atomic E-state index is 12.7. The summed E-state index contributed by atoms with van der Waals surface area (Å²) in [5.74, 6) is 1.12. The van der Waals surface area contributed by atoms with Gasteiger partial charge in [-0.3, -0.25) is 5.43 Å². The Labute approximate surface area is 141 Å². The molecule has 0 aliphatic carbocycles. The molecule has 2 aromatic carbocycles. The van der Waals surface area contributed by atoms with Crippen LogP contribution in [0, 0.1) is 0 Å². The first-order valence-electron chi connectivity index (χ1n) is 6.73. The fourth-order valence-corrected chi connectivity index (χ4v) is 2.04. The van der Waals surface area contributed by atoms with Crippen LogP contribution in [-0.2, 0) is 6.18 Å². The number of hydrogen-bond donors (Lipinski definition) is 1. The van der Waals surface area contributed by atoms with Gasteiger partial charge in [0, 0.05) is 11.6 Å². The largest absolute Gasteiger partial charge is 0.497 e. The summed E-state index contributed by atoms with van der Waals surface area (Å²) in [6.45, 7) is 0. The molecular weight excluding hydrogens is 345 g/mol. The second-order valence-corrected chi connectivity index (χ2v) is 5.08. The van der Waals surface area contributed by atoms with Crippen LogP contribution in [0.1, 0.15) is 11.1 Å². The van der Waals surface area contributed by atoms with Gasteiger partial charge in [-0.15, -0.1) is 0 Å². The van der Waals surface area contributed by atoms with Crippen molar-refractivity contribution in [1.82, 2.24) is 0 Å². The van der Waals surface area contributed by atoms with Crippen LogP contribution in [0.5, 0.6) is 11.5 Å². The van der Waals surface area contributed by atoms with E-state index in [1.165, 1.54) is 20.4 Å². The highest BCUT2D eigenvalue weighted by Gasteiger charge is 2.30. The Bertz CT molecular complexity index is 749. The maximum Gasteiger partial charge on any atom is 0.416 e. The van der Waals surface area contributed by atoms with Crippen LogP contribution >= 0.6 is 11.6 Å². The van der Waals surface area contributed by atoms with Crippen LogP contribution in [0.2, 0.25) is 5.02 Å². The first-order valence-corrected chi connectivity index (χ1v) is 7.11. The minimum absolute atomic E-state index is 0.0511. The highest BCUT2D eigenvalue weighted by Crippen LogP contribution is 2.33. The van der Waals surface area contributed by atoms with Crippen molar-refractivity contribution in [1.29, 1.82) is 0 Å². The maximum absolute atomic E-state index is 12.7. The van der Waals surface area contributed by atoms with Crippen molar-refractivity contribution >= 4 is 23.5 Å². The average molecular weight is 359 g/mol. The van der Waals surface area contributed by atoms with E-state index in [-0.39, 0.29) is 10.7 Å². The first-order chi connectivity index (χ1) is 11.3. The summed E-state index contributed by atoms with van der Waals surface area (Å²) in [5.41, 5.74) is 2.36. The van der Waals surface area contributed by atoms with E-state index in [4.69, 9.17) is 21.1 Å². The van der Waals surface area contributed by atoms with Crippen LogP contribution in [0.4, 0.5) is 18.9 Å². The lowest BCUT2D eigenvalue weighted by Gasteiger charge is -2.10. The van der Waals surface area contributed by atoms with Gasteiger partial charge in [0.05, 0.1) is 36.7 Å². The molecule has 0 heterocycles. The van der Waals surface area contributed by atoms with Crippen molar-refractivity contribution in [3.05, 3.63) is 52.5 Å². The van der Waals surface area contributed by atoms with E-state index >= 15 is 0 Å². The quantitative estimate of drug-likeness (QED) is 0.615. The van der Waals surface area contributed by atoms with E-state index in [0.29, 0.717) is 17.1 Å². The zero-order chi connectivity index (χ0) is 17.7. The Morgan fingerprint density at radius 3 is 2.46 bits per heavy atom. The van der Waals surface area contributed by atoms with Gasteiger partial charge in [-0.1, -0.05) is 11.6 Å². The minimum atomic E-state index is -4.45. The summed E-state index contributed by atoms with van der Waals surface area (Å²) >= 11 is 5.88. The summed E-state index contributed by atoms with van der Waals surface area (Å²) in [6, 6.07) is 8.04. The third-order valence-corrected chi connectivity index (χ3v) is 3.45. The van der Waals surface area contributed by atoms with Gasteiger partial charge in [-0.05, 0) is 30.3 Å². The molecule has 8 heteroatoms. The van der Waals surface area contributed by atoms with Crippen molar-refractivity contribution in [3.8, 4) is 11.5 Å². The lowest BCUT2D eigenvalue weighted by Crippen LogP contribution is -2.05. The molecule has 2 aromatic rings. The number of rotatable bonds is 5. The van der Waals surface area contributed by atoms with Crippen LogP contribution in [0.25, 0.3) is 0 Å². The lowest BCUT2D eigenvalue weighted by molar-refractivity contribution is -0.137. The molecule has 0 saturated heterocycles. The smallest absolute Gasteiger partial charge is 0.416 e. The Balaban J connectivity index is 2.20. The van der Waals surface area contributed by atoms with E-state index in [9.17, 15) is 13.2 Å². The number of hydrazone groups is 1. The minimum Gasteiger partial charge on any atom is -0.497 e. The molecule has 0 unspecified atom stereocenters. The third-order valence-electron chi connectivity index (χ3n) is 3.12. The van der Waals surface area contributed by atoms with E-state index in [0.717, 1.165) is 18.2 Å². The Morgan fingerprint density at radius 1 is 1.08 bits per heavy atom. The van der Waals surface area contributed by atoms with E-state index in [1.54, 1.807) is 18.2 Å². The number of nitrogens with one attached hydrogen (secondary N) is 1. The molecule has 0 aliphatic heterocycles. The van der Waals surface area contributed by atoms with E-state index in [2.05, 4.69) is 10.5 Å². The first kappa shape index (κ1) is 17.9. The third kappa shape index (κ3) is 4.32. The summed E-state index contributed by atoms with van der Waals surface area (Å²) in [7, 11) is 3.02. The zero-order valence-corrected chi connectivity index (χ0v) is 13.6. The van der Waals surface area contributed by atoms with Gasteiger partial charge >= 0.3 is 6.18 Å². The molecular formula is C16H14ClF3N2O2. The van der Waals surface area contributed by atoms with Gasteiger partial charge < -0.3 is 9.47 Å². The SMILES string of the molecule is COc1ccc(C=NNc2cc(C(F)(F)F)ccc2Cl)c(OC)c1. The number of methoxy groups -OCH3 is 2. The monoisotopic (exact) mass is 358 g/mol. The number of ether oxygens (including phenoxy) is 2. The van der Waals surface area contributed by atoms with Crippen molar-refractivity contribution in [2.45, 2.75) is 6.18 Å². The van der Waals surface area contributed by atoms with Crippen LogP contribution < -0.4 is 14.9 Å². The summed E-state index contributed by atoms with van der Waals surface area (Å²) < 4.78 is 48.4. The highest BCUT2D eigenvalue weighted by molar-refractivity contribution is 6.33. The van der Waals surface area contributed by atoms with Crippen molar-refractivity contribution in [2.75, 3.05) is 19.6 Å². The number of alkyl halides is 3. The molecule has 0 aliphatic rings. The molecule has 24 heavy (non-hydrogen) atoms. The number of halogens is 4. The van der Waals surface area contributed by atoms with Crippen LogP contribution in [0.15, 0.2) is 41.5 Å². The van der Waals surface area contributed by atoms with Crippen molar-refractivity contribution in [3.63, 3.8) is 0 Å². The second-order valence-electron chi connectivity index (χ2n) is 4.67. The van der Waals surface area contributed by atoms with Gasteiger partial charge in [-0.2, -0.15) is 18.3 Å². The molecule has 1 N–H and O–H groups in total. The zero-order valence-electron chi connectivity index (χ0n) is 12.8. The van der Waals surface area contributed by atoms with Gasteiger partial charge in [0.25, 0.3) is 0 Å². The lowest BCUT2D eigenvalue weighted by atomic mass is 10.2. The molecule has 0 amide bonds. The Morgan fingerprint density at radius 2 is 1.83 bits per heavy atom. The van der Waals surface area contributed by atoms with Crippen LogP contribution in [-0.4, -0.2) is 20.4 Å². The van der Waals surface area contributed by atoms with Crippen molar-refractivity contribution < 1.29 is 22.6 Å². The van der Waals surface area contributed by atoms with E-state index in [1.807, 2.05) is 0 Å². The van der Waals surface area contributed by atoms with Gasteiger partial charge in [0.1, 0.15) is 11.5 Å². The number of hydrogen-bond acceptors (Lipinski definition) is 4. The molecule has 4 nitrogen and oxygen atoms in total. The molecule has 128 valence electrons. The van der Waals surface area contributed by atoms with E-state index < -0.39 is 11.7 Å². The molecule has 0 fully saturated rings. The predicted octanol–water partition coefficient (Wildman–Crippen LogP) is 4.82. The normalized spacial score (nSPS) is 11.6. The Hall–Kier alpha value is -2.41. The number of benzene rings is 2. The molecule has 0 radical (unpaired) electrons. The topological polar surface area (TPSA) is 42.8 Å². The molecule has 0 aromatic heterocycles. The fraction of sp³-hybridized carbons (Fsp3) is 0.188. The summed E-state index contributed by atoms with van der Waals surface area (Å²) in [5, 5.41) is 4.04. The van der Waals surface area contributed by atoms with Gasteiger partial charge in [0.2, 0.25) is 0 Å². The number of nitrogens with zero attached hydrogens (tertiary/aromatic N) is 1. The summed E-state index contributed by atoms with van der Waals surface area (Å²) in [6.07, 6.45) is -3.04. The standard InChI is InChI=1S/C16H14ClF3N2O2/c1-23-12-5-3-10(15(8-12)24-2)9-21-22-14-7-11(16(18,19)20)4-6-13(14)17/h3-9,22H,1-2H3. The molecule has 0 atom stereocenters. The predicted molar refractivity (Wildman–Crippen MR) is 87.2 cm³/mol. The van der Waals surface area contributed by atoms with Gasteiger partial charge in [0.15, 0.2) is 0 Å². The molecule has 0 saturated carbocycles. The number of anilines is 1. The summed E-state index contributed by atoms with van der Waals surface area (Å²) in [4.78, 5) is 0. The molecule has 0 bridgehead atoms.